The molecule has 3 heterocycles. The van der Waals surface area contributed by atoms with E-state index in [2.05, 4.69) is 5.32 Å². The van der Waals surface area contributed by atoms with E-state index in [4.69, 9.17) is 10.00 Å². The summed E-state index contributed by atoms with van der Waals surface area (Å²) in [4.78, 5) is 37.4. The van der Waals surface area contributed by atoms with E-state index in [0.717, 1.165) is 6.42 Å². The monoisotopic (exact) mass is 365 g/mol. The van der Waals surface area contributed by atoms with Crippen LogP contribution >= 0.6 is 23.1 Å². The van der Waals surface area contributed by atoms with Crippen LogP contribution in [0.5, 0.6) is 0 Å². The third-order valence-electron chi connectivity index (χ3n) is 4.10. The summed E-state index contributed by atoms with van der Waals surface area (Å²) in [6.45, 7) is 1.50. The summed E-state index contributed by atoms with van der Waals surface area (Å²) in [5, 5.41) is 13.6. The summed E-state index contributed by atoms with van der Waals surface area (Å²) in [6, 6.07) is 2.93. The maximum atomic E-state index is 12.2. The van der Waals surface area contributed by atoms with Gasteiger partial charge in [0, 0.05) is 12.2 Å². The van der Waals surface area contributed by atoms with Gasteiger partial charge in [-0.1, -0.05) is 0 Å². The molecule has 0 bridgehead atoms. The fourth-order valence-corrected chi connectivity index (χ4v) is 5.06. The molecule has 3 rings (SSSR count). The molecule has 1 aromatic rings. The van der Waals surface area contributed by atoms with Gasteiger partial charge in [-0.15, -0.1) is 23.1 Å². The zero-order valence-corrected chi connectivity index (χ0v) is 14.5. The molecular weight excluding hydrogens is 350 g/mol. The van der Waals surface area contributed by atoms with Gasteiger partial charge >= 0.3 is 5.97 Å². The second-order valence-corrected chi connectivity index (χ2v) is 8.11. The Morgan fingerprint density at radius 1 is 1.58 bits per heavy atom. The van der Waals surface area contributed by atoms with E-state index in [1.807, 2.05) is 13.0 Å². The number of nitrogens with zero attached hydrogens (tertiary/aromatic N) is 2. The lowest BCUT2D eigenvalue weighted by molar-refractivity contribution is -0.155. The highest BCUT2D eigenvalue weighted by Crippen LogP contribution is 2.47. The predicted octanol–water partition coefficient (Wildman–Crippen LogP) is 1.56. The Bertz CT molecular complexity index is 741. The first-order valence-corrected chi connectivity index (χ1v) is 9.21. The van der Waals surface area contributed by atoms with E-state index in [-0.39, 0.29) is 10.8 Å². The number of hydrogen-bond acceptors (Lipinski definition) is 7. The Labute approximate surface area is 146 Å². The lowest BCUT2D eigenvalue weighted by Crippen LogP contribution is -2.47. The van der Waals surface area contributed by atoms with Crippen LogP contribution in [-0.2, 0) is 19.1 Å². The summed E-state index contributed by atoms with van der Waals surface area (Å²) >= 11 is 2.79. The molecule has 0 unspecified atom stereocenters. The molecule has 24 heavy (non-hydrogen) atoms. The van der Waals surface area contributed by atoms with E-state index >= 15 is 0 Å². The van der Waals surface area contributed by atoms with Gasteiger partial charge in [0.1, 0.15) is 17.1 Å². The van der Waals surface area contributed by atoms with Gasteiger partial charge < -0.3 is 15.0 Å². The maximum absolute atomic E-state index is 12.2. The summed E-state index contributed by atoms with van der Waals surface area (Å²) in [5.74, 6) is -0.649. The molecule has 0 aromatic carbocycles. The quantitative estimate of drug-likeness (QED) is 0.813. The molecule has 2 saturated heterocycles. The van der Waals surface area contributed by atoms with Gasteiger partial charge in [0.25, 0.3) is 5.91 Å². The molecule has 126 valence electrons. The van der Waals surface area contributed by atoms with E-state index in [1.165, 1.54) is 11.3 Å². The molecule has 2 amide bonds. The van der Waals surface area contributed by atoms with Crippen LogP contribution in [0.25, 0.3) is 0 Å². The van der Waals surface area contributed by atoms with Crippen LogP contribution in [0, 0.1) is 11.3 Å². The summed E-state index contributed by atoms with van der Waals surface area (Å²) < 4.78 is 5.08. The third kappa shape index (κ3) is 2.99. The van der Waals surface area contributed by atoms with Gasteiger partial charge in [0.15, 0.2) is 6.61 Å². The van der Waals surface area contributed by atoms with E-state index < -0.39 is 24.5 Å². The Hall–Kier alpha value is -2.05. The number of carbonyl (C=O) groups is 3. The third-order valence-corrected chi connectivity index (χ3v) is 6.44. The molecule has 2 atom stereocenters. The average Bonchev–Trinajstić information content (AvgIpc) is 3.21. The molecule has 1 aromatic heterocycles. The Morgan fingerprint density at radius 3 is 3.12 bits per heavy atom. The van der Waals surface area contributed by atoms with Crippen LogP contribution in [0.4, 0.5) is 5.00 Å². The molecule has 0 spiro atoms. The molecule has 2 aliphatic rings. The minimum absolute atomic E-state index is 0.0499. The number of nitriles is 1. The highest BCUT2D eigenvalue weighted by Gasteiger charge is 2.53. The van der Waals surface area contributed by atoms with Gasteiger partial charge in [0.05, 0.1) is 10.4 Å². The molecule has 7 nitrogen and oxygen atoms in total. The van der Waals surface area contributed by atoms with Crippen molar-refractivity contribution >= 4 is 45.9 Å². The number of rotatable bonds is 4. The highest BCUT2D eigenvalue weighted by atomic mass is 32.2. The van der Waals surface area contributed by atoms with Crippen molar-refractivity contribution in [3.8, 4) is 6.07 Å². The number of thioether (sulfide) groups is 1. The lowest BCUT2D eigenvalue weighted by Gasteiger charge is -2.29. The summed E-state index contributed by atoms with van der Waals surface area (Å²) in [5.41, 5.74) is 0.366. The topological polar surface area (TPSA) is 99.5 Å². The number of amides is 2. The number of fused-ring (bicyclic) bond motifs is 1. The smallest absolute Gasteiger partial charge is 0.330 e. The fraction of sp³-hybridized carbons (Fsp3) is 0.467. The maximum Gasteiger partial charge on any atom is 0.330 e. The second-order valence-electron chi connectivity index (χ2n) is 5.70. The molecule has 0 saturated carbocycles. The van der Waals surface area contributed by atoms with E-state index in [9.17, 15) is 14.4 Å². The van der Waals surface area contributed by atoms with Crippen LogP contribution in [0.2, 0.25) is 0 Å². The minimum atomic E-state index is -0.640. The van der Waals surface area contributed by atoms with E-state index in [0.29, 0.717) is 22.7 Å². The van der Waals surface area contributed by atoms with Gasteiger partial charge in [-0.3, -0.25) is 9.59 Å². The molecule has 0 aliphatic carbocycles. The molecule has 9 heteroatoms. The molecule has 2 aliphatic heterocycles. The SMILES string of the molecule is C[C@@]12CCC(=O)N1[C@@H](C(=O)OCC(=O)Nc1sccc1C#N)CS2. The van der Waals surface area contributed by atoms with Crippen molar-refractivity contribution in [3.63, 3.8) is 0 Å². The van der Waals surface area contributed by atoms with Crippen LogP contribution in [-0.4, -0.2) is 46.0 Å². The highest BCUT2D eigenvalue weighted by molar-refractivity contribution is 8.01. The zero-order valence-electron chi connectivity index (χ0n) is 12.9. The Balaban J connectivity index is 1.55. The van der Waals surface area contributed by atoms with Gasteiger partial charge in [-0.2, -0.15) is 5.26 Å². The molecule has 0 radical (unpaired) electrons. The second kappa shape index (κ2) is 6.45. The normalized spacial score (nSPS) is 25.2. The standard InChI is InChI=1S/C15H15N3O4S2/c1-15-4-2-12(20)18(15)10(8-24-15)14(21)22-7-11(19)17-13-9(6-16)3-5-23-13/h3,5,10H,2,4,7-8H2,1H3,(H,17,19)/t10-,15-/m1/s1. The van der Waals surface area contributed by atoms with Gasteiger partial charge in [-0.05, 0) is 24.8 Å². The van der Waals surface area contributed by atoms with Crippen molar-refractivity contribution in [1.29, 1.82) is 5.26 Å². The molecular formula is C15H15N3O4S2. The predicted molar refractivity (Wildman–Crippen MR) is 89.4 cm³/mol. The van der Waals surface area contributed by atoms with Crippen LogP contribution in [0.3, 0.4) is 0 Å². The van der Waals surface area contributed by atoms with Crippen molar-refractivity contribution in [2.45, 2.75) is 30.7 Å². The number of thiophene rings is 1. The van der Waals surface area contributed by atoms with Crippen molar-refractivity contribution < 1.29 is 19.1 Å². The molecule has 1 N–H and O–H groups in total. The average molecular weight is 365 g/mol. The van der Waals surface area contributed by atoms with Crippen molar-refractivity contribution in [2.24, 2.45) is 0 Å². The van der Waals surface area contributed by atoms with Gasteiger partial charge in [0.2, 0.25) is 5.91 Å². The van der Waals surface area contributed by atoms with Crippen molar-refractivity contribution in [1.82, 2.24) is 4.90 Å². The first-order valence-electron chi connectivity index (χ1n) is 7.35. The number of ether oxygens (including phenoxy) is 1. The Kier molecular flexibility index (Phi) is 4.51. The number of hydrogen-bond donors (Lipinski definition) is 1. The minimum Gasteiger partial charge on any atom is -0.454 e. The first-order chi connectivity index (χ1) is 11.4. The van der Waals surface area contributed by atoms with Crippen LogP contribution < -0.4 is 5.32 Å². The van der Waals surface area contributed by atoms with Gasteiger partial charge in [-0.25, -0.2) is 4.79 Å². The summed E-state index contributed by atoms with van der Waals surface area (Å²) in [6.07, 6.45) is 1.15. The van der Waals surface area contributed by atoms with Crippen molar-refractivity contribution in [2.75, 3.05) is 17.7 Å². The fourth-order valence-electron chi connectivity index (χ4n) is 2.88. The van der Waals surface area contributed by atoms with Crippen LogP contribution in [0.1, 0.15) is 25.3 Å². The Morgan fingerprint density at radius 2 is 2.38 bits per heavy atom. The first kappa shape index (κ1) is 16.8. The van der Waals surface area contributed by atoms with Crippen LogP contribution in [0.15, 0.2) is 11.4 Å². The van der Waals surface area contributed by atoms with Crippen molar-refractivity contribution in [3.05, 3.63) is 17.0 Å². The zero-order chi connectivity index (χ0) is 17.3. The number of nitrogens with one attached hydrogen (secondary N) is 1. The lowest BCUT2D eigenvalue weighted by atomic mass is 10.2. The summed E-state index contributed by atoms with van der Waals surface area (Å²) in [7, 11) is 0. The number of carbonyl (C=O) groups excluding carboxylic acids is 3. The number of anilines is 1. The number of esters is 1. The largest absolute Gasteiger partial charge is 0.454 e. The van der Waals surface area contributed by atoms with E-state index in [1.54, 1.807) is 28.1 Å². The molecule has 2 fully saturated rings.